The van der Waals surface area contributed by atoms with E-state index >= 15 is 0 Å². The van der Waals surface area contributed by atoms with Gasteiger partial charge in [0.1, 0.15) is 0 Å². The highest BCUT2D eigenvalue weighted by molar-refractivity contribution is 5.44. The fourth-order valence-electron chi connectivity index (χ4n) is 4.55. The van der Waals surface area contributed by atoms with Crippen LogP contribution in [0.2, 0.25) is 0 Å². The van der Waals surface area contributed by atoms with Crippen molar-refractivity contribution in [2.24, 2.45) is 0 Å². The number of allylic oxidation sites excluding steroid dienone is 2. The van der Waals surface area contributed by atoms with E-state index < -0.39 is 5.79 Å². The van der Waals surface area contributed by atoms with Crippen LogP contribution in [0.5, 0.6) is 11.5 Å². The molecule has 1 saturated heterocycles. The Bertz CT molecular complexity index is 976. The normalized spacial score (nSPS) is 20.0. The lowest BCUT2D eigenvalue weighted by Gasteiger charge is -2.38. The first-order valence-electron chi connectivity index (χ1n) is 11.2. The Hall–Kier alpha value is -2.76. The molecule has 5 heteroatoms. The molecule has 2 aliphatic rings. The first kappa shape index (κ1) is 22.4. The molecule has 0 aliphatic carbocycles. The zero-order chi connectivity index (χ0) is 22.6. The van der Waals surface area contributed by atoms with Crippen LogP contribution in [0.4, 0.5) is 0 Å². The van der Waals surface area contributed by atoms with Crippen LogP contribution in [0.25, 0.3) is 0 Å². The summed E-state index contributed by atoms with van der Waals surface area (Å²) in [5.74, 6) is 0.592. The molecule has 32 heavy (non-hydrogen) atoms. The number of hydrogen-bond donors (Lipinski definition) is 0. The molecule has 2 aliphatic heterocycles. The van der Waals surface area contributed by atoms with Crippen molar-refractivity contribution in [1.82, 2.24) is 4.90 Å². The van der Waals surface area contributed by atoms with Gasteiger partial charge in [0, 0.05) is 18.5 Å². The molecule has 1 unspecified atom stereocenters. The summed E-state index contributed by atoms with van der Waals surface area (Å²) in [7, 11) is 3.29. The van der Waals surface area contributed by atoms with Crippen molar-refractivity contribution in [1.29, 1.82) is 0 Å². The molecule has 0 bridgehead atoms. The number of hydrogen-bond acceptors (Lipinski definition) is 5. The van der Waals surface area contributed by atoms with Gasteiger partial charge in [-0.05, 0) is 67.5 Å². The second-order valence-electron chi connectivity index (χ2n) is 8.39. The van der Waals surface area contributed by atoms with Crippen molar-refractivity contribution in [3.63, 3.8) is 0 Å². The maximum Gasteiger partial charge on any atom is 0.196 e. The molecule has 2 heterocycles. The molecule has 2 aromatic carbocycles. The molecule has 0 aromatic heterocycles. The van der Waals surface area contributed by atoms with Gasteiger partial charge in [-0.15, -0.1) is 0 Å². The van der Waals surface area contributed by atoms with Gasteiger partial charge < -0.3 is 23.8 Å². The Balaban J connectivity index is 1.56. The van der Waals surface area contributed by atoms with Crippen LogP contribution < -0.4 is 9.47 Å². The van der Waals surface area contributed by atoms with E-state index in [9.17, 15) is 0 Å². The fourth-order valence-corrected chi connectivity index (χ4v) is 4.55. The van der Waals surface area contributed by atoms with Crippen molar-refractivity contribution >= 4 is 0 Å². The molecule has 0 saturated carbocycles. The third-order valence-electron chi connectivity index (χ3n) is 6.59. The zero-order valence-corrected chi connectivity index (χ0v) is 19.5. The summed E-state index contributed by atoms with van der Waals surface area (Å²) < 4.78 is 23.3. The predicted molar refractivity (Wildman–Crippen MR) is 126 cm³/mol. The number of methoxy groups -OCH3 is 2. The summed E-state index contributed by atoms with van der Waals surface area (Å²) in [5, 5.41) is 0. The molecule has 170 valence electrons. The second kappa shape index (κ2) is 9.80. The molecular weight excluding hydrogens is 402 g/mol. The van der Waals surface area contributed by atoms with Gasteiger partial charge in [0.2, 0.25) is 0 Å². The summed E-state index contributed by atoms with van der Waals surface area (Å²) in [5.41, 5.74) is 5.04. The minimum Gasteiger partial charge on any atom is -0.493 e. The number of rotatable bonds is 8. The molecule has 0 radical (unpaired) electrons. The van der Waals surface area contributed by atoms with Gasteiger partial charge in [-0.25, -0.2) is 0 Å². The Kier molecular flexibility index (Phi) is 6.87. The van der Waals surface area contributed by atoms with E-state index in [0.29, 0.717) is 37.2 Å². The lowest BCUT2D eigenvalue weighted by molar-refractivity contribution is -0.173. The SMILES string of the molecule is COc1ccc(C2(CCN3C=CC(C)=C(C)C3Cc3ccccc3)OCCO2)cc1OC. The number of nitrogens with zero attached hydrogens (tertiary/aromatic N) is 1. The van der Waals surface area contributed by atoms with Crippen LogP contribution in [0.1, 0.15) is 31.4 Å². The molecule has 4 rings (SSSR count). The quantitative estimate of drug-likeness (QED) is 0.579. The van der Waals surface area contributed by atoms with E-state index in [1.165, 1.54) is 16.7 Å². The molecule has 2 aromatic rings. The molecule has 0 spiro atoms. The first-order chi connectivity index (χ1) is 15.6. The fraction of sp³-hybridized carbons (Fsp3) is 0.407. The maximum absolute atomic E-state index is 6.21. The highest BCUT2D eigenvalue weighted by atomic mass is 16.7. The van der Waals surface area contributed by atoms with Crippen LogP contribution in [0.3, 0.4) is 0 Å². The third kappa shape index (κ3) is 4.54. The number of benzene rings is 2. The van der Waals surface area contributed by atoms with E-state index in [0.717, 1.165) is 18.5 Å². The van der Waals surface area contributed by atoms with Crippen LogP contribution >= 0.6 is 0 Å². The van der Waals surface area contributed by atoms with Gasteiger partial charge in [-0.3, -0.25) is 0 Å². The third-order valence-corrected chi connectivity index (χ3v) is 6.59. The average Bonchev–Trinajstić information content (AvgIpc) is 3.32. The van der Waals surface area contributed by atoms with E-state index in [-0.39, 0.29) is 0 Å². The summed E-state index contributed by atoms with van der Waals surface area (Å²) in [4.78, 5) is 2.42. The molecule has 1 fully saturated rings. The van der Waals surface area contributed by atoms with Crippen molar-refractivity contribution < 1.29 is 18.9 Å². The van der Waals surface area contributed by atoms with Crippen molar-refractivity contribution in [2.45, 2.75) is 38.5 Å². The van der Waals surface area contributed by atoms with Crippen LogP contribution in [0, 0.1) is 0 Å². The summed E-state index contributed by atoms with van der Waals surface area (Å²) >= 11 is 0. The van der Waals surface area contributed by atoms with Gasteiger partial charge >= 0.3 is 0 Å². The predicted octanol–water partition coefficient (Wildman–Crippen LogP) is 5.07. The first-order valence-corrected chi connectivity index (χ1v) is 11.2. The highest BCUT2D eigenvalue weighted by Crippen LogP contribution is 2.40. The van der Waals surface area contributed by atoms with E-state index in [1.807, 2.05) is 18.2 Å². The van der Waals surface area contributed by atoms with Gasteiger partial charge in [-0.2, -0.15) is 0 Å². The minimum absolute atomic E-state index is 0.311. The summed E-state index contributed by atoms with van der Waals surface area (Å²) in [6, 6.07) is 16.9. The largest absolute Gasteiger partial charge is 0.493 e. The minimum atomic E-state index is -0.783. The smallest absolute Gasteiger partial charge is 0.196 e. The van der Waals surface area contributed by atoms with Crippen LogP contribution in [-0.2, 0) is 21.7 Å². The lowest BCUT2D eigenvalue weighted by Crippen LogP contribution is -2.40. The standard InChI is InChI=1S/C27H33NO4/c1-20-12-14-28(24(21(20)2)18-22-8-6-5-7-9-22)15-13-27(31-16-17-32-27)23-10-11-25(29-3)26(19-23)30-4/h5-12,14,19,24H,13,15-18H2,1-4H3. The van der Waals surface area contributed by atoms with Gasteiger partial charge in [0.05, 0.1) is 33.5 Å². The van der Waals surface area contributed by atoms with E-state index in [4.69, 9.17) is 18.9 Å². The zero-order valence-electron chi connectivity index (χ0n) is 19.5. The summed E-state index contributed by atoms with van der Waals surface area (Å²) in [6.45, 7) is 6.40. The van der Waals surface area contributed by atoms with Crippen molar-refractivity contribution in [3.05, 3.63) is 83.1 Å². The van der Waals surface area contributed by atoms with Gasteiger partial charge in [-0.1, -0.05) is 30.3 Å². The second-order valence-corrected chi connectivity index (χ2v) is 8.39. The van der Waals surface area contributed by atoms with Crippen molar-refractivity contribution in [3.8, 4) is 11.5 Å². The molecule has 0 amide bonds. The van der Waals surface area contributed by atoms with Crippen LogP contribution in [0.15, 0.2) is 72.0 Å². The topological polar surface area (TPSA) is 40.2 Å². The molecule has 1 atom stereocenters. The van der Waals surface area contributed by atoms with Gasteiger partial charge in [0.25, 0.3) is 0 Å². The average molecular weight is 436 g/mol. The van der Waals surface area contributed by atoms with Gasteiger partial charge in [0.15, 0.2) is 17.3 Å². The maximum atomic E-state index is 6.21. The lowest BCUT2D eigenvalue weighted by atomic mass is 9.92. The van der Waals surface area contributed by atoms with E-state index in [2.05, 4.69) is 61.4 Å². The monoisotopic (exact) mass is 435 g/mol. The summed E-state index contributed by atoms with van der Waals surface area (Å²) in [6.07, 6.45) is 6.10. The Labute approximate surface area is 191 Å². The van der Waals surface area contributed by atoms with Crippen LogP contribution in [-0.4, -0.2) is 44.9 Å². The number of ether oxygens (including phenoxy) is 4. The van der Waals surface area contributed by atoms with Crippen molar-refractivity contribution in [2.75, 3.05) is 34.0 Å². The molecular formula is C27H33NO4. The Morgan fingerprint density at radius 1 is 0.969 bits per heavy atom. The molecule has 5 nitrogen and oxygen atoms in total. The van der Waals surface area contributed by atoms with E-state index in [1.54, 1.807) is 14.2 Å². The Morgan fingerprint density at radius 2 is 1.69 bits per heavy atom. The highest BCUT2D eigenvalue weighted by Gasteiger charge is 2.40. The Morgan fingerprint density at radius 3 is 2.38 bits per heavy atom. The molecule has 0 N–H and O–H groups in total.